The number of hydrogen-bond donors (Lipinski definition) is 2. The fourth-order valence-corrected chi connectivity index (χ4v) is 5.33. The van der Waals surface area contributed by atoms with Crippen molar-refractivity contribution in [2.45, 2.75) is 13.2 Å². The maximum Gasteiger partial charge on any atom is 0.387 e. The van der Waals surface area contributed by atoms with Gasteiger partial charge in [-0.05, 0) is 36.1 Å². The highest BCUT2D eigenvalue weighted by molar-refractivity contribution is 6.31. The Kier molecular flexibility index (Phi) is 6.61. The van der Waals surface area contributed by atoms with Crippen LogP contribution in [-0.4, -0.2) is 73.9 Å². The van der Waals surface area contributed by atoms with E-state index in [1.807, 2.05) is 4.90 Å². The zero-order valence-electron chi connectivity index (χ0n) is 20.4. The molecule has 0 spiro atoms. The van der Waals surface area contributed by atoms with Gasteiger partial charge in [-0.15, -0.1) is 0 Å². The summed E-state index contributed by atoms with van der Waals surface area (Å²) in [6.07, 6.45) is 6.03. The number of amides is 2. The second-order valence-corrected chi connectivity index (χ2v) is 9.92. The van der Waals surface area contributed by atoms with E-state index in [4.69, 9.17) is 16.3 Å². The molecule has 2 aliphatic rings. The van der Waals surface area contributed by atoms with E-state index in [1.165, 1.54) is 46.0 Å². The van der Waals surface area contributed by atoms with E-state index in [2.05, 4.69) is 25.8 Å². The number of nitrogens with zero attached hydrogens (tertiary/aromatic N) is 6. The van der Waals surface area contributed by atoms with Crippen molar-refractivity contribution in [1.29, 1.82) is 0 Å². The second kappa shape index (κ2) is 10.2. The number of fused-ring (bicyclic) bond motifs is 2. The predicted octanol–water partition coefficient (Wildman–Crippen LogP) is 2.78. The van der Waals surface area contributed by atoms with Gasteiger partial charge >= 0.3 is 6.61 Å². The van der Waals surface area contributed by atoms with Crippen molar-refractivity contribution in [2.24, 2.45) is 11.8 Å². The fourth-order valence-electron chi connectivity index (χ4n) is 5.15. The summed E-state index contributed by atoms with van der Waals surface area (Å²) in [6, 6.07) is 5.79. The molecule has 11 nitrogen and oxygen atoms in total. The lowest BCUT2D eigenvalue weighted by molar-refractivity contribution is -0.131. The minimum absolute atomic E-state index is 0.0976. The molecule has 0 saturated carbocycles. The summed E-state index contributed by atoms with van der Waals surface area (Å²) in [5.41, 5.74) is 0.938. The largest absolute Gasteiger partial charge is 0.434 e. The van der Waals surface area contributed by atoms with Crippen molar-refractivity contribution in [3.63, 3.8) is 0 Å². The summed E-state index contributed by atoms with van der Waals surface area (Å²) in [6.45, 7) is -0.0966. The van der Waals surface area contributed by atoms with E-state index < -0.39 is 12.5 Å². The Morgan fingerprint density at radius 1 is 1.23 bits per heavy atom. The Morgan fingerprint density at radius 3 is 2.79 bits per heavy atom. The Bertz CT molecular complexity index is 1550. The molecule has 14 heteroatoms. The number of likely N-dealkylation sites (tertiary alicyclic amines) is 1. The molecule has 1 aromatic carbocycles. The van der Waals surface area contributed by atoms with Crippen molar-refractivity contribution in [1.82, 2.24) is 34.6 Å². The number of benzene rings is 1. The van der Waals surface area contributed by atoms with Crippen LogP contribution in [0, 0.1) is 11.8 Å². The molecule has 2 unspecified atom stereocenters. The molecule has 2 N–H and O–H groups in total. The lowest BCUT2D eigenvalue weighted by Gasteiger charge is -2.17. The van der Waals surface area contributed by atoms with Gasteiger partial charge in [0.25, 0.3) is 5.91 Å². The molecule has 2 aliphatic heterocycles. The molecule has 6 rings (SSSR count). The summed E-state index contributed by atoms with van der Waals surface area (Å²) >= 11 is 6.18. The maximum absolute atomic E-state index is 13.3. The van der Waals surface area contributed by atoms with Crippen molar-refractivity contribution in [3.05, 3.63) is 59.6 Å². The Labute approximate surface area is 225 Å². The number of anilines is 1. The summed E-state index contributed by atoms with van der Waals surface area (Å²) in [7, 11) is 0. The first kappa shape index (κ1) is 25.2. The van der Waals surface area contributed by atoms with Crippen molar-refractivity contribution >= 4 is 34.7 Å². The second-order valence-electron chi connectivity index (χ2n) is 9.49. The molecule has 2 fully saturated rings. The van der Waals surface area contributed by atoms with E-state index in [-0.39, 0.29) is 45.7 Å². The summed E-state index contributed by atoms with van der Waals surface area (Å²) < 4.78 is 33.9. The van der Waals surface area contributed by atoms with E-state index in [9.17, 15) is 18.4 Å². The van der Waals surface area contributed by atoms with Gasteiger partial charge in [0.2, 0.25) is 5.91 Å². The maximum atomic E-state index is 13.3. The van der Waals surface area contributed by atoms with Crippen molar-refractivity contribution < 1.29 is 23.1 Å². The normalized spacial score (nSPS) is 18.6. The molecule has 39 heavy (non-hydrogen) atoms. The zero-order valence-corrected chi connectivity index (χ0v) is 21.2. The quantitative estimate of drug-likeness (QED) is 0.359. The third-order valence-corrected chi connectivity index (χ3v) is 7.22. The van der Waals surface area contributed by atoms with Crippen molar-refractivity contribution in [2.75, 3.05) is 31.5 Å². The van der Waals surface area contributed by atoms with Gasteiger partial charge in [0.15, 0.2) is 5.65 Å². The lowest BCUT2D eigenvalue weighted by Crippen LogP contribution is -2.34. The van der Waals surface area contributed by atoms with Crippen LogP contribution in [0.5, 0.6) is 5.75 Å². The van der Waals surface area contributed by atoms with E-state index in [0.29, 0.717) is 30.6 Å². The molecular weight excluding hydrogens is 534 g/mol. The minimum Gasteiger partial charge on any atom is -0.434 e. The van der Waals surface area contributed by atoms with Crippen LogP contribution in [0.3, 0.4) is 0 Å². The van der Waals surface area contributed by atoms with Gasteiger partial charge in [-0.25, -0.2) is 9.50 Å². The van der Waals surface area contributed by atoms with Crippen LogP contribution in [0.15, 0.2) is 49.1 Å². The molecule has 0 radical (unpaired) electrons. The predicted molar refractivity (Wildman–Crippen MR) is 137 cm³/mol. The van der Waals surface area contributed by atoms with Crippen molar-refractivity contribution in [3.8, 4) is 17.0 Å². The third kappa shape index (κ3) is 5.02. The molecule has 0 aliphatic carbocycles. The number of hydrogen-bond acceptors (Lipinski definition) is 7. The smallest absolute Gasteiger partial charge is 0.387 e. The topological polar surface area (TPSA) is 119 Å². The molecule has 2 amide bonds. The number of aromatic nitrogens is 5. The lowest BCUT2D eigenvalue weighted by atomic mass is 10.0. The monoisotopic (exact) mass is 556 g/mol. The summed E-state index contributed by atoms with van der Waals surface area (Å²) in [5, 5.41) is 15.0. The number of ether oxygens (including phenoxy) is 1. The standard InChI is InChI=1S/C25H23ClF2N8O3/c26-16-2-3-20(39-25(27)28)17(6-16)22-19(32-24(38)18-9-31-36-5-1-4-30-23(18)36)12-35(33-22)13-21(37)34-10-14-7-29-8-15(14)11-34/h1-6,9,12,14-15,25,29H,7-8,10-11,13H2,(H,32,38). The van der Waals surface area contributed by atoms with Gasteiger partial charge in [-0.3, -0.25) is 14.3 Å². The zero-order chi connectivity index (χ0) is 27.1. The highest BCUT2D eigenvalue weighted by Crippen LogP contribution is 2.37. The molecule has 202 valence electrons. The number of carbonyl (C=O) groups excluding carboxylic acids is 2. The van der Waals surface area contributed by atoms with Crippen LogP contribution >= 0.6 is 11.6 Å². The number of halogens is 3. The first-order chi connectivity index (χ1) is 18.9. The summed E-state index contributed by atoms with van der Waals surface area (Å²) in [4.78, 5) is 32.4. The molecule has 4 aromatic rings. The van der Waals surface area contributed by atoms with E-state index in [1.54, 1.807) is 12.3 Å². The van der Waals surface area contributed by atoms with Crippen LogP contribution < -0.4 is 15.4 Å². The van der Waals surface area contributed by atoms with Gasteiger partial charge < -0.3 is 20.3 Å². The molecule has 0 bridgehead atoms. The first-order valence-corrected chi connectivity index (χ1v) is 12.6. The molecule has 2 saturated heterocycles. The van der Waals surface area contributed by atoms with Gasteiger partial charge in [-0.2, -0.15) is 19.0 Å². The number of alkyl halides is 2. The number of carbonyl (C=O) groups is 2. The highest BCUT2D eigenvalue weighted by Gasteiger charge is 2.38. The molecule has 3 aromatic heterocycles. The summed E-state index contributed by atoms with van der Waals surface area (Å²) in [5.74, 6) is 0.000236. The first-order valence-electron chi connectivity index (χ1n) is 12.3. The molecular formula is C25H23ClF2N8O3. The average Bonchev–Trinajstić information content (AvgIpc) is 3.68. The van der Waals surface area contributed by atoms with Crippen LogP contribution in [0.4, 0.5) is 14.5 Å². The SMILES string of the molecule is O=C(Nc1cn(CC(=O)N2CC3CNCC3C2)nc1-c1cc(Cl)ccc1OC(F)F)c1cnn2cccnc12. The van der Waals surface area contributed by atoms with Gasteiger partial charge in [0.1, 0.15) is 23.6 Å². The Hall–Kier alpha value is -4.10. The Balaban J connectivity index is 1.33. The molecule has 5 heterocycles. The third-order valence-electron chi connectivity index (χ3n) is 6.99. The Morgan fingerprint density at radius 2 is 2.03 bits per heavy atom. The van der Waals surface area contributed by atoms with Gasteiger partial charge in [-0.1, -0.05) is 11.6 Å². The number of rotatable bonds is 7. The highest BCUT2D eigenvalue weighted by atomic mass is 35.5. The van der Waals surface area contributed by atoms with Gasteiger partial charge in [0.05, 0.1) is 11.9 Å². The van der Waals surface area contributed by atoms with Crippen LogP contribution in [0.1, 0.15) is 10.4 Å². The van der Waals surface area contributed by atoms with Crippen LogP contribution in [-0.2, 0) is 11.3 Å². The van der Waals surface area contributed by atoms with Crippen LogP contribution in [0.2, 0.25) is 5.02 Å². The fraction of sp³-hybridized carbons (Fsp3) is 0.320. The van der Waals surface area contributed by atoms with E-state index >= 15 is 0 Å². The van der Waals surface area contributed by atoms with Crippen LogP contribution in [0.25, 0.3) is 16.9 Å². The minimum atomic E-state index is -3.10. The van der Waals surface area contributed by atoms with E-state index in [0.717, 1.165) is 13.1 Å². The average molecular weight is 557 g/mol. The number of nitrogens with one attached hydrogen (secondary N) is 2. The molecule has 2 atom stereocenters. The van der Waals surface area contributed by atoms with Gasteiger partial charge in [0, 0.05) is 55.4 Å².